The molecule has 1 aromatic rings. The Morgan fingerprint density at radius 1 is 1.11 bits per heavy atom. The van der Waals surface area contributed by atoms with Crippen LogP contribution in [0.1, 0.15) is 5.56 Å². The van der Waals surface area contributed by atoms with E-state index >= 15 is 0 Å². The summed E-state index contributed by atoms with van der Waals surface area (Å²) in [6.45, 7) is 0. The number of hydrogen-bond donors (Lipinski definition) is 0. The molecule has 0 saturated heterocycles. The van der Waals surface area contributed by atoms with Crippen LogP contribution in [0.5, 0.6) is 0 Å². The molecular weight excluding hydrogens is 151 g/mol. The largest absolute Gasteiger partial charge is 1.00 e. The van der Waals surface area contributed by atoms with Crippen molar-refractivity contribution in [3.8, 4) is 0 Å². The zero-order chi connectivity index (χ0) is 5.82. The van der Waals surface area contributed by atoms with Crippen LogP contribution in [-0.4, -0.2) is 10.2 Å². The standard InChI is InChI=1S/C7H9Si.K/c8-6-7-4-2-1-3-5-7;/h1-5H,6,8H2;/q-1;+1. The van der Waals surface area contributed by atoms with Crippen molar-refractivity contribution in [1.82, 2.24) is 0 Å². The van der Waals surface area contributed by atoms with Crippen LogP contribution in [-0.2, 0) is 6.04 Å². The van der Waals surface area contributed by atoms with Crippen LogP contribution >= 0.6 is 0 Å². The van der Waals surface area contributed by atoms with Gasteiger partial charge in [-0.05, 0) is 0 Å². The van der Waals surface area contributed by atoms with Crippen LogP contribution < -0.4 is 51.4 Å². The number of rotatable bonds is 1. The van der Waals surface area contributed by atoms with Gasteiger partial charge in [0.15, 0.2) is 0 Å². The quantitative estimate of drug-likeness (QED) is 0.410. The van der Waals surface area contributed by atoms with Gasteiger partial charge in [-0.3, -0.25) is 10.2 Å². The van der Waals surface area contributed by atoms with Crippen molar-refractivity contribution in [1.29, 1.82) is 0 Å². The van der Waals surface area contributed by atoms with Gasteiger partial charge in [-0.25, -0.2) is 0 Å². The maximum atomic E-state index is 2.15. The first-order chi connectivity index (χ1) is 3.93. The van der Waals surface area contributed by atoms with Crippen molar-refractivity contribution < 1.29 is 51.4 Å². The second kappa shape index (κ2) is 5.83. The van der Waals surface area contributed by atoms with Gasteiger partial charge in [-0.1, -0.05) is 35.9 Å². The minimum atomic E-state index is 0. The summed E-state index contributed by atoms with van der Waals surface area (Å²) in [5, 5.41) is 0. The first-order valence-corrected chi connectivity index (χ1v) is 3.76. The normalized spacial score (nSPS) is 8.11. The zero-order valence-electron chi connectivity index (χ0n) is 5.80. The maximum absolute atomic E-state index is 2.15. The molecule has 0 aliphatic heterocycles. The average Bonchev–Trinajstić information content (AvgIpc) is 1.90. The van der Waals surface area contributed by atoms with Crippen LogP contribution in [0.4, 0.5) is 0 Å². The molecule has 0 nitrogen and oxygen atoms in total. The summed E-state index contributed by atoms with van der Waals surface area (Å²) in [6, 6.07) is 11.6. The van der Waals surface area contributed by atoms with Gasteiger partial charge in [0.05, 0.1) is 0 Å². The Kier molecular flexibility index (Phi) is 6.52. The predicted octanol–water partition coefficient (Wildman–Crippen LogP) is -2.18. The first kappa shape index (κ1) is 10.1. The van der Waals surface area contributed by atoms with Crippen LogP contribution in [0, 0.1) is 0 Å². The van der Waals surface area contributed by atoms with E-state index in [2.05, 4.69) is 24.3 Å². The Bertz CT molecular complexity index is 150. The second-order valence-electron chi connectivity index (χ2n) is 1.74. The molecule has 0 bridgehead atoms. The Morgan fingerprint density at radius 2 is 1.67 bits per heavy atom. The molecule has 9 heavy (non-hydrogen) atoms. The summed E-state index contributed by atoms with van der Waals surface area (Å²) in [6.07, 6.45) is 0. The van der Waals surface area contributed by atoms with E-state index in [1.54, 1.807) is 0 Å². The molecule has 1 rings (SSSR count). The topological polar surface area (TPSA) is 0 Å². The fraction of sp³-hybridized carbons (Fsp3) is 0.143. The van der Waals surface area contributed by atoms with E-state index in [-0.39, 0.29) is 51.4 Å². The smallest absolute Gasteiger partial charge is 0.291 e. The van der Waals surface area contributed by atoms with E-state index in [0.29, 0.717) is 0 Å². The van der Waals surface area contributed by atoms with Crippen LogP contribution in [0.3, 0.4) is 0 Å². The van der Waals surface area contributed by atoms with E-state index < -0.39 is 0 Å². The van der Waals surface area contributed by atoms with Crippen molar-refractivity contribution in [3.63, 3.8) is 0 Å². The molecule has 1 aromatic carbocycles. The van der Waals surface area contributed by atoms with Crippen molar-refractivity contribution in [2.24, 2.45) is 0 Å². The van der Waals surface area contributed by atoms with E-state index in [9.17, 15) is 0 Å². The first-order valence-electron chi connectivity index (χ1n) is 2.76. The summed E-state index contributed by atoms with van der Waals surface area (Å²) < 4.78 is 0. The Morgan fingerprint density at radius 3 is 2.00 bits per heavy atom. The van der Waals surface area contributed by atoms with Gasteiger partial charge < -0.3 is 0 Å². The minimum absolute atomic E-state index is 0. The second-order valence-corrected chi connectivity index (χ2v) is 2.24. The van der Waals surface area contributed by atoms with Crippen molar-refractivity contribution >= 4 is 10.2 Å². The van der Waals surface area contributed by atoms with Gasteiger partial charge in [-0.2, -0.15) is 6.04 Å². The Hall–Kier alpha value is 1.07. The van der Waals surface area contributed by atoms with E-state index in [1.165, 1.54) is 11.6 Å². The maximum Gasteiger partial charge on any atom is 1.00 e. The molecule has 0 aromatic heterocycles. The molecule has 0 atom stereocenters. The van der Waals surface area contributed by atoms with Crippen molar-refractivity contribution in [2.75, 3.05) is 0 Å². The average molecular weight is 160 g/mol. The van der Waals surface area contributed by atoms with Crippen LogP contribution in [0.2, 0.25) is 0 Å². The minimum Gasteiger partial charge on any atom is -0.291 e. The number of benzene rings is 1. The molecule has 0 unspecified atom stereocenters. The predicted molar refractivity (Wildman–Crippen MR) is 38.7 cm³/mol. The zero-order valence-corrected chi connectivity index (χ0v) is 10.3. The summed E-state index contributed by atoms with van der Waals surface area (Å²) in [5.41, 5.74) is 1.42. The van der Waals surface area contributed by atoms with Crippen LogP contribution in [0.15, 0.2) is 30.3 Å². The summed E-state index contributed by atoms with van der Waals surface area (Å²) in [7, 11) is 1.98. The van der Waals surface area contributed by atoms with Crippen LogP contribution in [0.25, 0.3) is 0 Å². The van der Waals surface area contributed by atoms with Gasteiger partial charge in [0, 0.05) is 0 Å². The van der Waals surface area contributed by atoms with Gasteiger partial charge in [0.1, 0.15) is 0 Å². The molecule has 0 N–H and O–H groups in total. The molecule has 0 heterocycles. The molecule has 0 saturated carbocycles. The summed E-state index contributed by atoms with van der Waals surface area (Å²) in [4.78, 5) is 0. The number of hydrogen-bond acceptors (Lipinski definition) is 0. The molecule has 0 radical (unpaired) electrons. The monoisotopic (exact) mass is 160 g/mol. The molecular formula is C7H9KSi. The third-order valence-corrected chi connectivity index (χ3v) is 1.71. The Balaban J connectivity index is 0.000000640. The fourth-order valence-electron chi connectivity index (χ4n) is 0.645. The molecule has 0 fully saturated rings. The molecule has 0 aliphatic carbocycles. The van der Waals surface area contributed by atoms with E-state index in [1.807, 2.05) is 16.3 Å². The molecule has 0 spiro atoms. The molecule has 0 aliphatic rings. The van der Waals surface area contributed by atoms with Crippen molar-refractivity contribution in [2.45, 2.75) is 6.04 Å². The molecule has 42 valence electrons. The summed E-state index contributed by atoms with van der Waals surface area (Å²) in [5.74, 6) is 0. The molecule has 0 amide bonds. The Labute approximate surface area is 102 Å². The third kappa shape index (κ3) is 3.70. The van der Waals surface area contributed by atoms with E-state index in [0.717, 1.165) is 0 Å². The van der Waals surface area contributed by atoms with Gasteiger partial charge in [0.25, 0.3) is 0 Å². The van der Waals surface area contributed by atoms with Crippen molar-refractivity contribution in [3.05, 3.63) is 35.9 Å². The van der Waals surface area contributed by atoms with Gasteiger partial charge >= 0.3 is 51.4 Å². The SMILES string of the molecule is [K+].[SiH2-]Cc1ccccc1. The van der Waals surface area contributed by atoms with E-state index in [4.69, 9.17) is 0 Å². The van der Waals surface area contributed by atoms with Gasteiger partial charge in [-0.15, -0.1) is 0 Å². The van der Waals surface area contributed by atoms with Gasteiger partial charge in [0.2, 0.25) is 0 Å². The molecule has 2 heteroatoms. The third-order valence-electron chi connectivity index (χ3n) is 1.13. The fourth-order valence-corrected chi connectivity index (χ4v) is 0.978. The summed E-state index contributed by atoms with van der Waals surface area (Å²) >= 11 is 0.